The molecule has 0 saturated heterocycles. The van der Waals surface area contributed by atoms with Gasteiger partial charge in [-0.05, 0) is 65.6 Å². The second kappa shape index (κ2) is 15.7. The summed E-state index contributed by atoms with van der Waals surface area (Å²) in [5, 5.41) is 20.0. The molecule has 1 unspecified atom stereocenters. The third-order valence-corrected chi connectivity index (χ3v) is 9.03. The number of carbonyl (C=O) groups excluding carboxylic acids is 3. The molecule has 1 atom stereocenters. The minimum absolute atomic E-state index is 0.00718. The minimum atomic E-state index is -0.608. The van der Waals surface area contributed by atoms with Gasteiger partial charge in [-0.2, -0.15) is 0 Å². The molecule has 8 nitrogen and oxygen atoms in total. The van der Waals surface area contributed by atoms with E-state index in [2.05, 4.69) is 16.0 Å². The molecule has 4 N–H and O–H groups in total. The highest BCUT2D eigenvalue weighted by Crippen LogP contribution is 2.38. The molecular weight excluding hydrogens is 647 g/mol. The first-order chi connectivity index (χ1) is 24.4. The van der Waals surface area contributed by atoms with E-state index in [-0.39, 0.29) is 17.4 Å². The first-order valence-corrected chi connectivity index (χ1v) is 16.6. The van der Waals surface area contributed by atoms with Crippen molar-refractivity contribution in [1.82, 2.24) is 5.32 Å². The van der Waals surface area contributed by atoms with Gasteiger partial charge >= 0.3 is 0 Å². The fourth-order valence-corrected chi connectivity index (χ4v) is 6.42. The predicted octanol–water partition coefficient (Wildman–Crippen LogP) is 8.44. The lowest BCUT2D eigenvalue weighted by Gasteiger charge is -2.18. The van der Waals surface area contributed by atoms with E-state index in [9.17, 15) is 19.5 Å². The van der Waals surface area contributed by atoms with E-state index in [0.29, 0.717) is 22.6 Å². The van der Waals surface area contributed by atoms with Gasteiger partial charge in [0, 0.05) is 38.8 Å². The molecule has 0 radical (unpaired) electrons. The average molecular weight is 680 g/mol. The molecule has 0 fully saturated rings. The molecule has 248 valence electrons. The van der Waals surface area contributed by atoms with Crippen LogP contribution in [0.2, 0.25) is 0 Å². The van der Waals surface area contributed by atoms with Crippen LogP contribution in [0.4, 0.5) is 11.4 Å². The molecule has 6 aromatic carbocycles. The van der Waals surface area contributed by atoms with Crippen LogP contribution in [0.25, 0.3) is 16.8 Å². The maximum absolute atomic E-state index is 13.9. The van der Waals surface area contributed by atoms with Crippen LogP contribution in [0.1, 0.15) is 26.7 Å². The van der Waals surface area contributed by atoms with Crippen LogP contribution >= 0.6 is 11.8 Å². The van der Waals surface area contributed by atoms with E-state index in [4.69, 9.17) is 4.74 Å². The second-order valence-corrected chi connectivity index (χ2v) is 12.4. The van der Waals surface area contributed by atoms with Crippen LogP contribution < -0.4 is 20.7 Å². The fourth-order valence-electron chi connectivity index (χ4n) is 5.33. The number of rotatable bonds is 11. The standard InChI is InChI=1S/C41H33N3O5S/c1-49-37-26-32(45)23-22-30(37)24-36(44-39(46)29-15-6-3-7-16-29)40(47)42-31-18-11-19-33(25-31)50-38(28-13-4-2-5-14-28)41(48)43-35-21-10-17-27-12-8-9-20-34(27)35/h2-26,38,45H,1H3,(H,42,47)(H,43,48)(H,44,46)/b36-24+. The zero-order valence-corrected chi connectivity index (χ0v) is 27.8. The summed E-state index contributed by atoms with van der Waals surface area (Å²) in [5.41, 5.74) is 2.79. The SMILES string of the molecule is COc1cc(O)ccc1/C=C(/NC(=O)c1ccccc1)C(=O)Nc1cccc(SC(C(=O)Nc2cccc3ccccc23)c2ccccc2)c1. The third kappa shape index (κ3) is 8.21. The van der Waals surface area contributed by atoms with Crippen molar-refractivity contribution < 1.29 is 24.2 Å². The molecule has 0 bridgehead atoms. The number of benzene rings is 6. The molecule has 0 aliphatic rings. The largest absolute Gasteiger partial charge is 0.508 e. The number of phenols is 1. The lowest BCUT2D eigenvalue weighted by Crippen LogP contribution is -2.30. The van der Waals surface area contributed by atoms with Gasteiger partial charge in [-0.25, -0.2) is 0 Å². The van der Waals surface area contributed by atoms with Crippen molar-refractivity contribution in [2.24, 2.45) is 0 Å². The van der Waals surface area contributed by atoms with Gasteiger partial charge in [0.15, 0.2) is 0 Å². The van der Waals surface area contributed by atoms with Crippen molar-refractivity contribution in [1.29, 1.82) is 0 Å². The Kier molecular flexibility index (Phi) is 10.6. The first kappa shape index (κ1) is 33.6. The molecule has 0 heterocycles. The van der Waals surface area contributed by atoms with E-state index >= 15 is 0 Å². The Labute approximate surface area is 293 Å². The fraction of sp³-hybridized carbons (Fsp3) is 0.0488. The molecule has 50 heavy (non-hydrogen) atoms. The lowest BCUT2D eigenvalue weighted by molar-refractivity contribution is -0.116. The van der Waals surface area contributed by atoms with Crippen molar-refractivity contribution in [3.63, 3.8) is 0 Å². The van der Waals surface area contributed by atoms with Gasteiger partial charge in [-0.15, -0.1) is 11.8 Å². The maximum Gasteiger partial charge on any atom is 0.272 e. The molecular formula is C41H33N3O5S. The first-order valence-electron chi connectivity index (χ1n) is 15.7. The monoisotopic (exact) mass is 679 g/mol. The van der Waals surface area contributed by atoms with Crippen molar-refractivity contribution in [2.45, 2.75) is 10.1 Å². The Morgan fingerprint density at radius 2 is 1.44 bits per heavy atom. The van der Waals surface area contributed by atoms with Crippen LogP contribution in [0, 0.1) is 0 Å². The molecule has 6 aromatic rings. The summed E-state index contributed by atoms with van der Waals surface area (Å²) in [4.78, 5) is 41.6. The van der Waals surface area contributed by atoms with Crippen LogP contribution in [0.5, 0.6) is 11.5 Å². The Balaban J connectivity index is 1.26. The minimum Gasteiger partial charge on any atom is -0.508 e. The summed E-state index contributed by atoms with van der Waals surface area (Å²) >= 11 is 1.35. The van der Waals surface area contributed by atoms with Crippen LogP contribution in [0.3, 0.4) is 0 Å². The third-order valence-electron chi connectivity index (χ3n) is 7.78. The Morgan fingerprint density at radius 3 is 2.22 bits per heavy atom. The average Bonchev–Trinajstić information content (AvgIpc) is 3.15. The molecule has 0 spiro atoms. The van der Waals surface area contributed by atoms with Crippen LogP contribution in [-0.2, 0) is 9.59 Å². The van der Waals surface area contributed by atoms with E-state index in [0.717, 1.165) is 26.9 Å². The summed E-state index contributed by atoms with van der Waals surface area (Å²) in [6.45, 7) is 0. The van der Waals surface area contributed by atoms with E-state index in [1.807, 2.05) is 78.9 Å². The molecule has 9 heteroatoms. The zero-order chi connectivity index (χ0) is 34.9. The van der Waals surface area contributed by atoms with Gasteiger partial charge in [0.2, 0.25) is 5.91 Å². The van der Waals surface area contributed by atoms with Gasteiger partial charge in [-0.1, -0.05) is 91.0 Å². The quantitative estimate of drug-likeness (QED) is 0.0807. The highest BCUT2D eigenvalue weighted by atomic mass is 32.2. The normalized spacial score (nSPS) is 11.7. The van der Waals surface area contributed by atoms with Crippen molar-refractivity contribution >= 4 is 57.7 Å². The number of amides is 3. The molecule has 0 saturated carbocycles. The van der Waals surface area contributed by atoms with Gasteiger partial charge in [0.05, 0.1) is 7.11 Å². The number of phenolic OH excluding ortho intramolecular Hbond substituents is 1. The van der Waals surface area contributed by atoms with Crippen molar-refractivity contribution in [3.05, 3.63) is 168 Å². The number of aromatic hydroxyl groups is 1. The number of hydrogen-bond acceptors (Lipinski definition) is 6. The Morgan fingerprint density at radius 1 is 0.740 bits per heavy atom. The molecule has 0 aliphatic carbocycles. The molecule has 0 aromatic heterocycles. The number of methoxy groups -OCH3 is 1. The van der Waals surface area contributed by atoms with Crippen molar-refractivity contribution in [3.8, 4) is 11.5 Å². The number of carbonyl (C=O) groups is 3. The van der Waals surface area contributed by atoms with Gasteiger partial charge < -0.3 is 25.8 Å². The molecule has 3 amide bonds. The smallest absolute Gasteiger partial charge is 0.272 e. The van der Waals surface area contributed by atoms with E-state index < -0.39 is 17.1 Å². The molecule has 6 rings (SSSR count). The van der Waals surface area contributed by atoms with Gasteiger partial charge in [0.25, 0.3) is 11.8 Å². The number of nitrogens with one attached hydrogen (secondary N) is 3. The number of hydrogen-bond donors (Lipinski definition) is 4. The number of anilines is 2. The zero-order valence-electron chi connectivity index (χ0n) is 27.0. The summed E-state index contributed by atoms with van der Waals surface area (Å²) in [7, 11) is 1.45. The van der Waals surface area contributed by atoms with Crippen LogP contribution in [-0.4, -0.2) is 29.9 Å². The summed E-state index contributed by atoms with van der Waals surface area (Å²) in [6.07, 6.45) is 1.48. The van der Waals surface area contributed by atoms with Crippen molar-refractivity contribution in [2.75, 3.05) is 17.7 Å². The predicted molar refractivity (Wildman–Crippen MR) is 199 cm³/mol. The number of thioether (sulfide) groups is 1. The van der Waals surface area contributed by atoms with E-state index in [1.54, 1.807) is 54.6 Å². The van der Waals surface area contributed by atoms with Gasteiger partial charge in [0.1, 0.15) is 22.4 Å². The maximum atomic E-state index is 13.9. The second-order valence-electron chi connectivity index (χ2n) is 11.2. The van der Waals surface area contributed by atoms with E-state index in [1.165, 1.54) is 37.1 Å². The van der Waals surface area contributed by atoms with Crippen LogP contribution in [0.15, 0.2) is 156 Å². The Bertz CT molecular complexity index is 2180. The van der Waals surface area contributed by atoms with Gasteiger partial charge in [-0.3, -0.25) is 14.4 Å². The highest BCUT2D eigenvalue weighted by Gasteiger charge is 2.23. The lowest BCUT2D eigenvalue weighted by atomic mass is 10.1. The summed E-state index contributed by atoms with van der Waals surface area (Å²) in [6, 6.07) is 43.4. The Hall–Kier alpha value is -6.32. The summed E-state index contributed by atoms with van der Waals surface area (Å²) < 4.78 is 5.40. The number of ether oxygens (including phenoxy) is 1. The topological polar surface area (TPSA) is 117 Å². The highest BCUT2D eigenvalue weighted by molar-refractivity contribution is 8.00. The summed E-state index contributed by atoms with van der Waals surface area (Å²) in [5.74, 6) is -0.941. The molecule has 0 aliphatic heterocycles. The number of fused-ring (bicyclic) bond motifs is 1.